The third kappa shape index (κ3) is 3.72. The maximum Gasteiger partial charge on any atom is 0.174 e. The number of anilines is 1. The van der Waals surface area contributed by atoms with Crippen molar-refractivity contribution in [3.8, 4) is 11.8 Å². The molecule has 0 aliphatic rings. The van der Waals surface area contributed by atoms with E-state index in [0.29, 0.717) is 12.3 Å². The first-order valence-corrected chi connectivity index (χ1v) is 6.28. The predicted octanol–water partition coefficient (Wildman–Crippen LogP) is 3.65. The second-order valence-electron chi connectivity index (χ2n) is 4.40. The summed E-state index contributed by atoms with van der Waals surface area (Å²) >= 11 is 0. The number of nitrogens with one attached hydrogen (secondary N) is 1. The van der Waals surface area contributed by atoms with Gasteiger partial charge in [0, 0.05) is 12.2 Å². The van der Waals surface area contributed by atoms with Crippen LogP contribution in [0.25, 0.3) is 0 Å². The van der Waals surface area contributed by atoms with E-state index in [1.165, 1.54) is 12.1 Å². The summed E-state index contributed by atoms with van der Waals surface area (Å²) in [6.45, 7) is 2.57. The van der Waals surface area contributed by atoms with Gasteiger partial charge in [0.25, 0.3) is 0 Å². The molecule has 0 atom stereocenters. The lowest BCUT2D eigenvalue weighted by atomic mass is 10.1. The molecular formula is C16H15FN2O. The Bertz CT molecular complexity index is 617. The monoisotopic (exact) mass is 270 g/mol. The minimum absolute atomic E-state index is 0.0417. The Morgan fingerprint density at radius 1 is 1.20 bits per heavy atom. The van der Waals surface area contributed by atoms with E-state index in [4.69, 9.17) is 10.00 Å². The minimum Gasteiger partial charge on any atom is -0.479 e. The van der Waals surface area contributed by atoms with Crippen molar-refractivity contribution in [2.45, 2.75) is 13.5 Å². The Balaban J connectivity index is 1.97. The standard InChI is InChI=1S/C16H15FN2O/c1-12-2-5-14(17)10-16(12)19-11-13-3-6-15(7-4-13)20-9-8-18/h2-7,10,19H,9,11H2,1H3. The highest BCUT2D eigenvalue weighted by Gasteiger charge is 2.01. The van der Waals surface area contributed by atoms with Crippen molar-refractivity contribution < 1.29 is 9.13 Å². The van der Waals surface area contributed by atoms with Crippen molar-refractivity contribution in [1.82, 2.24) is 0 Å². The molecule has 0 amide bonds. The Hall–Kier alpha value is -2.54. The quantitative estimate of drug-likeness (QED) is 0.902. The Morgan fingerprint density at radius 3 is 2.65 bits per heavy atom. The van der Waals surface area contributed by atoms with E-state index >= 15 is 0 Å². The topological polar surface area (TPSA) is 45.0 Å². The molecule has 102 valence electrons. The summed E-state index contributed by atoms with van der Waals surface area (Å²) in [5.41, 5.74) is 2.84. The molecule has 0 unspecified atom stereocenters. The van der Waals surface area contributed by atoms with Crippen LogP contribution >= 0.6 is 0 Å². The zero-order chi connectivity index (χ0) is 14.4. The smallest absolute Gasteiger partial charge is 0.174 e. The third-order valence-electron chi connectivity index (χ3n) is 2.91. The molecule has 2 aromatic carbocycles. The fourth-order valence-corrected chi connectivity index (χ4v) is 1.80. The number of hydrogen-bond donors (Lipinski definition) is 1. The maximum atomic E-state index is 13.2. The normalized spacial score (nSPS) is 9.85. The van der Waals surface area contributed by atoms with E-state index in [1.54, 1.807) is 6.07 Å². The summed E-state index contributed by atoms with van der Waals surface area (Å²) in [5, 5.41) is 11.6. The SMILES string of the molecule is Cc1ccc(F)cc1NCc1ccc(OCC#N)cc1. The van der Waals surface area contributed by atoms with Crippen molar-refractivity contribution in [2.75, 3.05) is 11.9 Å². The molecule has 0 radical (unpaired) electrons. The molecule has 4 heteroatoms. The molecule has 0 bridgehead atoms. The van der Waals surface area contributed by atoms with Gasteiger partial charge in [-0.15, -0.1) is 0 Å². The zero-order valence-corrected chi connectivity index (χ0v) is 11.2. The van der Waals surface area contributed by atoms with Crippen LogP contribution in [-0.4, -0.2) is 6.61 Å². The number of benzene rings is 2. The average Bonchev–Trinajstić information content (AvgIpc) is 2.47. The van der Waals surface area contributed by atoms with Gasteiger partial charge in [-0.2, -0.15) is 5.26 Å². The Labute approximate surface area is 117 Å². The molecule has 0 fully saturated rings. The maximum absolute atomic E-state index is 13.2. The summed E-state index contributed by atoms with van der Waals surface area (Å²) in [4.78, 5) is 0. The molecule has 1 N–H and O–H groups in total. The second kappa shape index (κ2) is 6.58. The van der Waals surface area contributed by atoms with Crippen LogP contribution in [0.1, 0.15) is 11.1 Å². The lowest BCUT2D eigenvalue weighted by Crippen LogP contribution is -2.01. The molecular weight excluding hydrogens is 255 g/mol. The lowest BCUT2D eigenvalue weighted by molar-refractivity contribution is 0.368. The summed E-state index contributed by atoms with van der Waals surface area (Å²) in [6.07, 6.45) is 0. The number of rotatable bonds is 5. The third-order valence-corrected chi connectivity index (χ3v) is 2.91. The molecule has 0 aromatic heterocycles. The Morgan fingerprint density at radius 2 is 1.95 bits per heavy atom. The molecule has 0 aliphatic heterocycles. The molecule has 0 saturated carbocycles. The van der Waals surface area contributed by atoms with Crippen LogP contribution < -0.4 is 10.1 Å². The largest absolute Gasteiger partial charge is 0.479 e. The van der Waals surface area contributed by atoms with Crippen molar-refractivity contribution >= 4 is 5.69 Å². The fourth-order valence-electron chi connectivity index (χ4n) is 1.80. The van der Waals surface area contributed by atoms with Gasteiger partial charge in [0.15, 0.2) is 6.61 Å². The van der Waals surface area contributed by atoms with E-state index in [2.05, 4.69) is 5.32 Å². The van der Waals surface area contributed by atoms with E-state index in [9.17, 15) is 4.39 Å². The van der Waals surface area contributed by atoms with Crippen molar-refractivity contribution in [2.24, 2.45) is 0 Å². The summed E-state index contributed by atoms with van der Waals surface area (Å²) in [5.74, 6) is 0.413. The molecule has 0 aliphatic carbocycles. The van der Waals surface area contributed by atoms with Gasteiger partial charge in [0.1, 0.15) is 17.6 Å². The first-order chi connectivity index (χ1) is 9.69. The average molecular weight is 270 g/mol. The highest BCUT2D eigenvalue weighted by Crippen LogP contribution is 2.18. The van der Waals surface area contributed by atoms with Crippen LogP contribution in [0.3, 0.4) is 0 Å². The first-order valence-electron chi connectivity index (χ1n) is 6.28. The number of halogens is 1. The van der Waals surface area contributed by atoms with Gasteiger partial charge in [-0.1, -0.05) is 18.2 Å². The van der Waals surface area contributed by atoms with Gasteiger partial charge >= 0.3 is 0 Å². The first kappa shape index (κ1) is 13.9. The van der Waals surface area contributed by atoms with Crippen LogP contribution in [0, 0.1) is 24.1 Å². The number of aryl methyl sites for hydroxylation is 1. The van der Waals surface area contributed by atoms with Gasteiger partial charge < -0.3 is 10.1 Å². The van der Waals surface area contributed by atoms with E-state index in [0.717, 1.165) is 16.8 Å². The van der Waals surface area contributed by atoms with E-state index < -0.39 is 0 Å². The molecule has 2 aromatic rings. The molecule has 0 heterocycles. The number of hydrogen-bond acceptors (Lipinski definition) is 3. The van der Waals surface area contributed by atoms with Crippen molar-refractivity contribution in [3.05, 3.63) is 59.4 Å². The van der Waals surface area contributed by atoms with Crippen molar-refractivity contribution in [3.63, 3.8) is 0 Å². The van der Waals surface area contributed by atoms with Crippen molar-refractivity contribution in [1.29, 1.82) is 5.26 Å². The van der Waals surface area contributed by atoms with Crippen LogP contribution in [0.15, 0.2) is 42.5 Å². The van der Waals surface area contributed by atoms with Gasteiger partial charge in [0.05, 0.1) is 0 Å². The zero-order valence-electron chi connectivity index (χ0n) is 11.2. The second-order valence-corrected chi connectivity index (χ2v) is 4.40. The fraction of sp³-hybridized carbons (Fsp3) is 0.188. The molecule has 0 saturated heterocycles. The highest BCUT2D eigenvalue weighted by atomic mass is 19.1. The van der Waals surface area contributed by atoms with Crippen LogP contribution in [0.2, 0.25) is 0 Å². The van der Waals surface area contributed by atoms with Gasteiger partial charge in [-0.05, 0) is 42.3 Å². The lowest BCUT2D eigenvalue weighted by Gasteiger charge is -2.10. The van der Waals surface area contributed by atoms with Crippen LogP contribution in [0.4, 0.5) is 10.1 Å². The van der Waals surface area contributed by atoms with Gasteiger partial charge in [-0.3, -0.25) is 0 Å². The summed E-state index contributed by atoms with van der Waals surface area (Å²) in [7, 11) is 0. The van der Waals surface area contributed by atoms with E-state index in [-0.39, 0.29) is 12.4 Å². The summed E-state index contributed by atoms with van der Waals surface area (Å²) in [6, 6.07) is 14.0. The number of ether oxygens (including phenoxy) is 1. The molecule has 3 nitrogen and oxygen atoms in total. The van der Waals surface area contributed by atoms with Crippen LogP contribution in [-0.2, 0) is 6.54 Å². The van der Waals surface area contributed by atoms with Gasteiger partial charge in [0.2, 0.25) is 0 Å². The Kier molecular flexibility index (Phi) is 4.56. The van der Waals surface area contributed by atoms with Gasteiger partial charge in [-0.25, -0.2) is 4.39 Å². The number of nitriles is 1. The molecule has 20 heavy (non-hydrogen) atoms. The molecule has 2 rings (SSSR count). The van der Waals surface area contributed by atoms with Crippen LogP contribution in [0.5, 0.6) is 5.75 Å². The number of nitrogens with zero attached hydrogens (tertiary/aromatic N) is 1. The van der Waals surface area contributed by atoms with E-state index in [1.807, 2.05) is 37.3 Å². The molecule has 0 spiro atoms. The predicted molar refractivity (Wildman–Crippen MR) is 76.0 cm³/mol. The minimum atomic E-state index is -0.252. The highest BCUT2D eigenvalue weighted by molar-refractivity contribution is 5.51. The summed E-state index contributed by atoms with van der Waals surface area (Å²) < 4.78 is 18.3.